The first kappa shape index (κ1) is 30.1. The maximum atomic E-state index is 14.0. The molecule has 2 fully saturated rings. The molecule has 0 aromatic heterocycles. The minimum Gasteiger partial charge on any atom is -0.453 e. The number of anilines is 2. The fourth-order valence-electron chi connectivity index (χ4n) is 5.63. The van der Waals surface area contributed by atoms with Crippen LogP contribution in [-0.4, -0.2) is 67.6 Å². The van der Waals surface area contributed by atoms with E-state index in [0.717, 1.165) is 19.3 Å². The van der Waals surface area contributed by atoms with Crippen molar-refractivity contribution < 1.29 is 33.4 Å². The number of methoxy groups -OCH3 is 1. The molecule has 0 bridgehead atoms. The van der Waals surface area contributed by atoms with E-state index in [1.54, 1.807) is 35.2 Å². The van der Waals surface area contributed by atoms with E-state index in [-0.39, 0.29) is 42.8 Å². The lowest BCUT2D eigenvalue weighted by Crippen LogP contribution is -2.57. The van der Waals surface area contributed by atoms with E-state index in [9.17, 15) is 24.0 Å². The second kappa shape index (κ2) is 12.9. The van der Waals surface area contributed by atoms with Gasteiger partial charge in [0.1, 0.15) is 6.04 Å². The molecule has 12 nitrogen and oxygen atoms in total. The monoisotopic (exact) mass is 611 g/mol. The summed E-state index contributed by atoms with van der Waals surface area (Å²) in [6.07, 6.45) is 2.68. The average Bonchev–Trinajstić information content (AvgIpc) is 2.96. The van der Waals surface area contributed by atoms with Gasteiger partial charge in [-0.05, 0) is 74.6 Å². The average molecular weight is 612 g/mol. The van der Waals surface area contributed by atoms with Crippen LogP contribution in [0, 0.1) is 5.92 Å². The standard InChI is InChI=1S/C30H34ClN5O7/c1-42-28(40)33-21-9-6-19(7-10-21)26(38)34-24(12-14-32-25(37)18-4-2-5-18)27(39)36-15-3-13-30(17-36)22-16-20(31)8-11-23(22)35-29(41)43-30/h6-11,16,18,24H,2-5,12-15,17H2,1H3,(H,32,37)(H,33,40)(H,34,38)(H,35,41). The summed E-state index contributed by atoms with van der Waals surface area (Å²) in [4.78, 5) is 65.2. The van der Waals surface area contributed by atoms with Crippen molar-refractivity contribution in [1.82, 2.24) is 15.5 Å². The molecular formula is C30H34ClN5O7. The van der Waals surface area contributed by atoms with Crippen LogP contribution in [0.5, 0.6) is 0 Å². The van der Waals surface area contributed by atoms with Gasteiger partial charge >= 0.3 is 12.2 Å². The highest BCUT2D eigenvalue weighted by molar-refractivity contribution is 6.30. The molecule has 0 radical (unpaired) electrons. The van der Waals surface area contributed by atoms with Gasteiger partial charge in [-0.3, -0.25) is 25.0 Å². The van der Waals surface area contributed by atoms with Crippen LogP contribution in [0.1, 0.15) is 54.4 Å². The number of carbonyl (C=O) groups is 5. The van der Waals surface area contributed by atoms with Crippen molar-refractivity contribution in [1.29, 1.82) is 0 Å². The van der Waals surface area contributed by atoms with Crippen molar-refractivity contribution in [2.75, 3.05) is 37.4 Å². The molecule has 3 aliphatic rings. The Hall–Kier alpha value is -4.32. The van der Waals surface area contributed by atoms with Gasteiger partial charge in [0.15, 0.2) is 5.60 Å². The number of carbonyl (C=O) groups excluding carboxylic acids is 5. The lowest BCUT2D eigenvalue weighted by atomic mass is 9.83. The fourth-order valence-corrected chi connectivity index (χ4v) is 5.80. The van der Waals surface area contributed by atoms with Crippen molar-refractivity contribution in [3.05, 3.63) is 58.6 Å². The summed E-state index contributed by atoms with van der Waals surface area (Å²) in [6, 6.07) is 10.3. The molecule has 43 heavy (non-hydrogen) atoms. The molecule has 2 unspecified atom stereocenters. The molecule has 2 heterocycles. The molecule has 228 valence electrons. The smallest absolute Gasteiger partial charge is 0.412 e. The van der Waals surface area contributed by atoms with Gasteiger partial charge in [0.05, 0.1) is 19.3 Å². The second-order valence-corrected chi connectivity index (χ2v) is 11.4. The SMILES string of the molecule is COC(=O)Nc1ccc(C(=O)NC(CCNC(=O)C2CCC2)C(=O)N2CCCC3(C2)OC(=O)Nc2ccc(Cl)cc23)cc1. The van der Waals surface area contributed by atoms with Gasteiger partial charge in [0, 0.05) is 40.8 Å². The molecule has 2 aromatic rings. The highest BCUT2D eigenvalue weighted by Gasteiger charge is 2.47. The van der Waals surface area contributed by atoms with Crippen molar-refractivity contribution in [3.8, 4) is 0 Å². The Morgan fingerprint density at radius 3 is 2.60 bits per heavy atom. The lowest BCUT2D eigenvalue weighted by molar-refractivity contribution is -0.141. The van der Waals surface area contributed by atoms with Crippen LogP contribution in [0.15, 0.2) is 42.5 Å². The second-order valence-electron chi connectivity index (χ2n) is 11.0. The number of piperidine rings is 1. The number of hydrogen-bond acceptors (Lipinski definition) is 7. The quantitative estimate of drug-likeness (QED) is 0.352. The minimum atomic E-state index is -1.09. The van der Waals surface area contributed by atoms with Gasteiger partial charge in [0.25, 0.3) is 5.91 Å². The van der Waals surface area contributed by atoms with Crippen LogP contribution in [0.2, 0.25) is 5.02 Å². The molecular weight excluding hydrogens is 578 g/mol. The third kappa shape index (κ3) is 6.85. The number of fused-ring (bicyclic) bond motifs is 2. The van der Waals surface area contributed by atoms with E-state index >= 15 is 0 Å². The molecule has 2 aromatic carbocycles. The molecule has 1 aliphatic carbocycles. The third-order valence-corrected chi connectivity index (χ3v) is 8.39. The molecule has 1 spiro atoms. The van der Waals surface area contributed by atoms with Gasteiger partial charge in [-0.2, -0.15) is 0 Å². The van der Waals surface area contributed by atoms with Crippen molar-refractivity contribution in [2.24, 2.45) is 5.92 Å². The zero-order valence-electron chi connectivity index (χ0n) is 23.7. The Labute approximate surface area is 253 Å². The first-order chi connectivity index (χ1) is 20.7. The van der Waals surface area contributed by atoms with E-state index in [1.807, 2.05) is 0 Å². The number of likely N-dealkylation sites (tertiary alicyclic amines) is 1. The predicted molar refractivity (Wildman–Crippen MR) is 158 cm³/mol. The molecule has 1 saturated carbocycles. The molecule has 4 N–H and O–H groups in total. The number of nitrogens with one attached hydrogen (secondary N) is 4. The van der Waals surface area contributed by atoms with E-state index in [1.165, 1.54) is 19.2 Å². The van der Waals surface area contributed by atoms with Crippen LogP contribution >= 0.6 is 11.6 Å². The van der Waals surface area contributed by atoms with Gasteiger partial charge in [-0.1, -0.05) is 18.0 Å². The highest BCUT2D eigenvalue weighted by atomic mass is 35.5. The summed E-state index contributed by atoms with van der Waals surface area (Å²) in [6.45, 7) is 0.682. The normalized spacial score (nSPS) is 20.0. The first-order valence-electron chi connectivity index (χ1n) is 14.3. The van der Waals surface area contributed by atoms with Crippen LogP contribution < -0.4 is 21.3 Å². The summed E-state index contributed by atoms with van der Waals surface area (Å²) in [5, 5.41) is 11.4. The molecule has 5 amide bonds. The summed E-state index contributed by atoms with van der Waals surface area (Å²) >= 11 is 6.28. The van der Waals surface area contributed by atoms with Crippen LogP contribution in [0.3, 0.4) is 0 Å². The zero-order chi connectivity index (χ0) is 30.6. The summed E-state index contributed by atoms with van der Waals surface area (Å²) in [7, 11) is 1.25. The Kier molecular flexibility index (Phi) is 9.05. The number of rotatable bonds is 8. The number of halogens is 1. The van der Waals surface area contributed by atoms with E-state index in [2.05, 4.69) is 26.0 Å². The zero-order valence-corrected chi connectivity index (χ0v) is 24.5. The fraction of sp³-hybridized carbons (Fsp3) is 0.433. The van der Waals surface area contributed by atoms with E-state index in [0.29, 0.717) is 41.3 Å². The van der Waals surface area contributed by atoms with Gasteiger partial charge < -0.3 is 25.0 Å². The first-order valence-corrected chi connectivity index (χ1v) is 14.7. The third-order valence-electron chi connectivity index (χ3n) is 8.15. The largest absolute Gasteiger partial charge is 0.453 e. The lowest BCUT2D eigenvalue weighted by Gasteiger charge is -2.45. The van der Waals surface area contributed by atoms with Crippen molar-refractivity contribution >= 4 is 52.9 Å². The maximum absolute atomic E-state index is 14.0. The minimum absolute atomic E-state index is 0.00991. The number of benzene rings is 2. The molecule has 2 aliphatic heterocycles. The highest BCUT2D eigenvalue weighted by Crippen LogP contribution is 2.43. The van der Waals surface area contributed by atoms with Crippen molar-refractivity contribution in [3.63, 3.8) is 0 Å². The molecule has 2 atom stereocenters. The van der Waals surface area contributed by atoms with Gasteiger partial charge in [-0.15, -0.1) is 0 Å². The predicted octanol–water partition coefficient (Wildman–Crippen LogP) is 4.00. The van der Waals surface area contributed by atoms with E-state index < -0.39 is 29.7 Å². The number of nitrogens with zero attached hydrogens (tertiary/aromatic N) is 1. The maximum Gasteiger partial charge on any atom is 0.412 e. The molecule has 13 heteroatoms. The molecule has 5 rings (SSSR count). The Bertz CT molecular complexity index is 1410. The Morgan fingerprint density at radius 2 is 1.91 bits per heavy atom. The topological polar surface area (TPSA) is 155 Å². The summed E-state index contributed by atoms with van der Waals surface area (Å²) < 4.78 is 10.4. The van der Waals surface area contributed by atoms with Gasteiger partial charge in [-0.25, -0.2) is 9.59 Å². The molecule has 1 saturated heterocycles. The van der Waals surface area contributed by atoms with Crippen LogP contribution in [-0.2, 0) is 24.7 Å². The van der Waals surface area contributed by atoms with Crippen molar-refractivity contribution in [2.45, 2.75) is 50.2 Å². The van der Waals surface area contributed by atoms with Crippen LogP contribution in [0.4, 0.5) is 21.0 Å². The van der Waals surface area contributed by atoms with Gasteiger partial charge in [0.2, 0.25) is 11.8 Å². The number of hydrogen-bond donors (Lipinski definition) is 4. The van der Waals surface area contributed by atoms with Crippen LogP contribution in [0.25, 0.3) is 0 Å². The Balaban J connectivity index is 1.33. The Morgan fingerprint density at radius 1 is 1.14 bits per heavy atom. The summed E-state index contributed by atoms with van der Waals surface area (Å²) in [5.41, 5.74) is 0.879. The summed E-state index contributed by atoms with van der Waals surface area (Å²) in [5.74, 6) is -0.910. The number of amides is 5. The van der Waals surface area contributed by atoms with E-state index in [4.69, 9.17) is 16.3 Å². The number of ether oxygens (including phenoxy) is 2.